The van der Waals surface area contributed by atoms with Crippen molar-refractivity contribution in [1.29, 1.82) is 0 Å². The van der Waals surface area contributed by atoms with E-state index in [9.17, 15) is 19.2 Å². The van der Waals surface area contributed by atoms with Gasteiger partial charge in [0, 0.05) is 50.1 Å². The molecular weight excluding hydrogens is 510 g/mol. The van der Waals surface area contributed by atoms with Gasteiger partial charge in [-0.2, -0.15) is 0 Å². The Bertz CT molecular complexity index is 1260. The predicted molar refractivity (Wildman–Crippen MR) is 147 cm³/mol. The Hall–Kier alpha value is -3.72. The molecule has 3 aliphatic rings. The number of hydrogen-bond donors (Lipinski definition) is 0. The summed E-state index contributed by atoms with van der Waals surface area (Å²) in [6.45, 7) is 5.66. The van der Waals surface area contributed by atoms with Crippen molar-refractivity contribution in [3.63, 3.8) is 0 Å². The highest BCUT2D eigenvalue weighted by Crippen LogP contribution is 2.39. The molecule has 3 amide bonds. The quantitative estimate of drug-likeness (QED) is 0.533. The standard InChI is InChI=1S/C31H37N3O6/c1-3-39-30(38)24-13-9-17-33(20-24)29(37)26-21-40-31(34(26)27(35)23-11-5-4-6-12-23)15-18-32(19-16-31)28(36)25-14-8-7-10-22(25)2/h4-8,10-12,14,24,26H,3,9,13,15-21H2,1-2H3. The molecule has 3 fully saturated rings. The van der Waals surface area contributed by atoms with E-state index in [1.165, 1.54) is 0 Å². The first-order valence-corrected chi connectivity index (χ1v) is 14.2. The normalized spacial score (nSPS) is 22.3. The van der Waals surface area contributed by atoms with Crippen LogP contribution in [0.1, 0.15) is 58.9 Å². The molecule has 3 heterocycles. The van der Waals surface area contributed by atoms with Crippen LogP contribution in [0.2, 0.25) is 0 Å². The van der Waals surface area contributed by atoms with Crippen molar-refractivity contribution in [3.8, 4) is 0 Å². The second kappa shape index (κ2) is 11.8. The first-order valence-electron chi connectivity index (χ1n) is 14.2. The van der Waals surface area contributed by atoms with Gasteiger partial charge in [-0.25, -0.2) is 0 Å². The number of benzene rings is 2. The molecule has 9 nitrogen and oxygen atoms in total. The summed E-state index contributed by atoms with van der Waals surface area (Å²) >= 11 is 0. The molecule has 2 aromatic rings. The molecule has 3 aliphatic heterocycles. The topological polar surface area (TPSA) is 96.5 Å². The van der Waals surface area contributed by atoms with Gasteiger partial charge in [0.15, 0.2) is 0 Å². The Morgan fingerprint density at radius 2 is 1.62 bits per heavy atom. The van der Waals surface area contributed by atoms with E-state index in [-0.39, 0.29) is 42.8 Å². The van der Waals surface area contributed by atoms with E-state index >= 15 is 0 Å². The van der Waals surface area contributed by atoms with Gasteiger partial charge in [-0.1, -0.05) is 36.4 Å². The lowest BCUT2D eigenvalue weighted by Gasteiger charge is -2.45. The van der Waals surface area contributed by atoms with E-state index in [2.05, 4.69) is 0 Å². The minimum Gasteiger partial charge on any atom is -0.466 e. The van der Waals surface area contributed by atoms with E-state index in [4.69, 9.17) is 9.47 Å². The van der Waals surface area contributed by atoms with Crippen LogP contribution in [0.15, 0.2) is 54.6 Å². The third-order valence-corrected chi connectivity index (χ3v) is 8.35. The van der Waals surface area contributed by atoms with Crippen LogP contribution in [0.4, 0.5) is 0 Å². The Morgan fingerprint density at radius 1 is 0.925 bits per heavy atom. The van der Waals surface area contributed by atoms with E-state index in [0.29, 0.717) is 63.1 Å². The average molecular weight is 548 g/mol. The van der Waals surface area contributed by atoms with Crippen molar-refractivity contribution in [2.45, 2.75) is 51.3 Å². The number of ether oxygens (including phenoxy) is 2. The molecule has 2 atom stereocenters. The molecule has 0 saturated carbocycles. The molecule has 0 radical (unpaired) electrons. The largest absolute Gasteiger partial charge is 0.466 e. The number of carbonyl (C=O) groups is 4. The summed E-state index contributed by atoms with van der Waals surface area (Å²) in [5.74, 6) is -1.19. The second-order valence-corrected chi connectivity index (χ2v) is 10.8. The lowest BCUT2D eigenvalue weighted by atomic mass is 9.94. The lowest BCUT2D eigenvalue weighted by Crippen LogP contribution is -2.60. The number of carbonyl (C=O) groups excluding carboxylic acids is 4. The molecule has 0 aliphatic carbocycles. The molecule has 3 saturated heterocycles. The van der Waals surface area contributed by atoms with Crippen molar-refractivity contribution in [2.75, 3.05) is 39.4 Å². The molecule has 9 heteroatoms. The van der Waals surface area contributed by atoms with Gasteiger partial charge in [0.25, 0.3) is 11.8 Å². The smallest absolute Gasteiger partial charge is 0.310 e. The fraction of sp³-hybridized carbons (Fsp3) is 0.484. The number of amides is 3. The molecule has 5 rings (SSSR count). The minimum atomic E-state index is -0.994. The summed E-state index contributed by atoms with van der Waals surface area (Å²) in [5.41, 5.74) is 1.06. The maximum Gasteiger partial charge on any atom is 0.310 e. The van der Waals surface area contributed by atoms with Gasteiger partial charge in [0.1, 0.15) is 11.8 Å². The minimum absolute atomic E-state index is 0.0437. The molecular formula is C31H37N3O6. The van der Waals surface area contributed by atoms with Crippen molar-refractivity contribution in [2.24, 2.45) is 5.92 Å². The van der Waals surface area contributed by atoms with Crippen LogP contribution in [0.5, 0.6) is 0 Å². The zero-order valence-corrected chi connectivity index (χ0v) is 23.2. The summed E-state index contributed by atoms with van der Waals surface area (Å²) in [6, 6.07) is 15.6. The Balaban J connectivity index is 1.37. The predicted octanol–water partition coefficient (Wildman–Crippen LogP) is 3.27. The molecule has 40 heavy (non-hydrogen) atoms. The summed E-state index contributed by atoms with van der Waals surface area (Å²) in [5, 5.41) is 0. The third kappa shape index (κ3) is 5.35. The fourth-order valence-electron chi connectivity index (χ4n) is 6.16. The van der Waals surface area contributed by atoms with Crippen molar-refractivity contribution < 1.29 is 28.7 Å². The summed E-state index contributed by atoms with van der Waals surface area (Å²) in [6.07, 6.45) is 2.17. The van der Waals surface area contributed by atoms with E-state index in [0.717, 1.165) is 5.56 Å². The highest BCUT2D eigenvalue weighted by molar-refractivity contribution is 5.99. The number of piperidine rings is 2. The van der Waals surface area contributed by atoms with Gasteiger partial charge in [0.05, 0.1) is 19.1 Å². The van der Waals surface area contributed by atoms with Crippen LogP contribution < -0.4 is 0 Å². The van der Waals surface area contributed by atoms with Crippen LogP contribution in [-0.2, 0) is 19.1 Å². The average Bonchev–Trinajstić information content (AvgIpc) is 3.35. The maximum absolute atomic E-state index is 14.0. The van der Waals surface area contributed by atoms with Gasteiger partial charge < -0.3 is 19.3 Å². The van der Waals surface area contributed by atoms with E-state index in [1.807, 2.05) is 37.3 Å². The van der Waals surface area contributed by atoms with Crippen molar-refractivity contribution in [1.82, 2.24) is 14.7 Å². The van der Waals surface area contributed by atoms with Crippen molar-refractivity contribution in [3.05, 3.63) is 71.3 Å². The molecule has 212 valence electrons. The summed E-state index contributed by atoms with van der Waals surface area (Å²) in [7, 11) is 0. The zero-order chi connectivity index (χ0) is 28.3. The van der Waals surface area contributed by atoms with Gasteiger partial charge in [-0.05, 0) is 50.5 Å². The molecule has 1 spiro atoms. The fourth-order valence-corrected chi connectivity index (χ4v) is 6.16. The second-order valence-electron chi connectivity index (χ2n) is 10.8. The highest BCUT2D eigenvalue weighted by Gasteiger charge is 2.55. The van der Waals surface area contributed by atoms with Gasteiger partial charge in [-0.15, -0.1) is 0 Å². The lowest BCUT2D eigenvalue weighted by molar-refractivity contribution is -0.152. The monoisotopic (exact) mass is 547 g/mol. The van der Waals surface area contributed by atoms with Gasteiger partial charge >= 0.3 is 5.97 Å². The molecule has 0 N–H and O–H groups in total. The Labute approximate surface area is 235 Å². The summed E-state index contributed by atoms with van der Waals surface area (Å²) < 4.78 is 11.6. The van der Waals surface area contributed by atoms with Crippen LogP contribution in [-0.4, -0.2) is 89.6 Å². The third-order valence-electron chi connectivity index (χ3n) is 8.35. The first-order chi connectivity index (χ1) is 19.3. The molecule has 2 aromatic carbocycles. The number of hydrogen-bond acceptors (Lipinski definition) is 6. The Morgan fingerprint density at radius 3 is 2.33 bits per heavy atom. The molecule has 0 bridgehead atoms. The van der Waals surface area contributed by atoms with Crippen molar-refractivity contribution >= 4 is 23.7 Å². The summed E-state index contributed by atoms with van der Waals surface area (Å²) in [4.78, 5) is 58.7. The highest BCUT2D eigenvalue weighted by atomic mass is 16.5. The SMILES string of the molecule is CCOC(=O)C1CCCN(C(=O)C2COC3(CCN(C(=O)c4ccccc4C)CC3)N2C(=O)c2ccccc2)C1. The number of aryl methyl sites for hydroxylation is 1. The maximum atomic E-state index is 14.0. The van der Waals surface area contributed by atoms with E-state index in [1.54, 1.807) is 45.9 Å². The van der Waals surface area contributed by atoms with Gasteiger partial charge in [0.2, 0.25) is 5.91 Å². The number of likely N-dealkylation sites (tertiary alicyclic amines) is 2. The molecule has 2 unspecified atom stereocenters. The van der Waals surface area contributed by atoms with Crippen LogP contribution in [0, 0.1) is 12.8 Å². The van der Waals surface area contributed by atoms with Crippen LogP contribution in [0.25, 0.3) is 0 Å². The van der Waals surface area contributed by atoms with E-state index < -0.39 is 11.8 Å². The van der Waals surface area contributed by atoms with Crippen LogP contribution >= 0.6 is 0 Å². The first kappa shape index (κ1) is 27.8. The number of esters is 1. The van der Waals surface area contributed by atoms with Crippen LogP contribution in [0.3, 0.4) is 0 Å². The number of nitrogens with zero attached hydrogens (tertiary/aromatic N) is 3. The van der Waals surface area contributed by atoms with Gasteiger partial charge in [-0.3, -0.25) is 24.1 Å². The Kier molecular flexibility index (Phi) is 8.21. The number of rotatable bonds is 5. The molecule has 0 aromatic heterocycles. The zero-order valence-electron chi connectivity index (χ0n) is 23.2.